The number of esters is 1. The molecule has 0 aliphatic carbocycles. The van der Waals surface area contributed by atoms with Crippen molar-refractivity contribution in [3.63, 3.8) is 0 Å². The van der Waals surface area contributed by atoms with Gasteiger partial charge in [0.25, 0.3) is 0 Å². The highest BCUT2D eigenvalue weighted by Gasteiger charge is 2.36. The number of nitrogens with zero attached hydrogens (tertiary/aromatic N) is 1. The molecule has 0 saturated heterocycles. The lowest BCUT2D eigenvalue weighted by Gasteiger charge is -2.31. The van der Waals surface area contributed by atoms with Gasteiger partial charge in [-0.25, -0.2) is 4.98 Å². The quantitative estimate of drug-likeness (QED) is 0.429. The first-order valence-corrected chi connectivity index (χ1v) is 13.1. The molecule has 1 aliphatic heterocycles. The fraction of sp³-hybridized carbons (Fsp3) is 0.667. The van der Waals surface area contributed by atoms with Crippen molar-refractivity contribution >= 4 is 29.2 Å². The predicted octanol–water partition coefficient (Wildman–Crippen LogP) is 5.48. The van der Waals surface area contributed by atoms with E-state index in [4.69, 9.17) is 4.74 Å². The van der Waals surface area contributed by atoms with Crippen molar-refractivity contribution in [2.45, 2.75) is 98.9 Å². The van der Waals surface area contributed by atoms with Crippen LogP contribution in [0.1, 0.15) is 90.8 Å². The largest absolute Gasteiger partial charge is 0.457 e. The van der Waals surface area contributed by atoms with Crippen molar-refractivity contribution in [3.8, 4) is 0 Å². The Morgan fingerprint density at radius 1 is 1.29 bits per heavy atom. The van der Waals surface area contributed by atoms with Gasteiger partial charge >= 0.3 is 5.97 Å². The smallest absolute Gasteiger partial charge is 0.306 e. The van der Waals surface area contributed by atoms with E-state index in [1.165, 1.54) is 16.9 Å². The Morgan fingerprint density at radius 2 is 2.00 bits per heavy atom. The summed E-state index contributed by atoms with van der Waals surface area (Å²) in [5, 5.41) is 22.6. The zero-order valence-corrected chi connectivity index (χ0v) is 22.3. The first-order valence-electron chi connectivity index (χ1n) is 12.3. The molecular weight excluding hydrogens is 450 g/mol. The van der Waals surface area contributed by atoms with Gasteiger partial charge in [-0.05, 0) is 57.1 Å². The molecule has 2 N–H and O–H groups in total. The molecule has 0 fully saturated rings. The minimum atomic E-state index is -0.728. The fourth-order valence-corrected chi connectivity index (χ4v) is 5.03. The Balaban J connectivity index is 2.27. The first-order chi connectivity index (χ1) is 15.9. The van der Waals surface area contributed by atoms with E-state index in [9.17, 15) is 19.8 Å². The standard InChI is InChI=1S/C27H41NO5S/c1-17-8-7-9-18(2)25(31)20(4)26(32)27(5,6)13-12-24(30)33-22(11-10-17)19(3)14-21-16-34-23(15-29)28-21/h10,14,16,18,20,22,25,29,31H,7-9,11-13,15H2,1-6H3/b17-10-,19-14+/t18-,20+,22-,25-/m0/s1. The van der Waals surface area contributed by atoms with Gasteiger partial charge in [-0.15, -0.1) is 11.3 Å². The fourth-order valence-electron chi connectivity index (χ4n) is 4.42. The van der Waals surface area contributed by atoms with E-state index in [2.05, 4.69) is 18.0 Å². The van der Waals surface area contributed by atoms with Crippen LogP contribution in [0.2, 0.25) is 0 Å². The van der Waals surface area contributed by atoms with Crippen molar-refractivity contribution in [1.82, 2.24) is 4.98 Å². The van der Waals surface area contributed by atoms with Crippen LogP contribution in [0.3, 0.4) is 0 Å². The third-order valence-corrected chi connectivity index (χ3v) is 7.75. The number of cyclic esters (lactones) is 1. The number of rotatable bonds is 3. The molecule has 0 amide bonds. The summed E-state index contributed by atoms with van der Waals surface area (Å²) in [7, 11) is 0. The van der Waals surface area contributed by atoms with Gasteiger partial charge in [-0.2, -0.15) is 0 Å². The SMILES string of the molecule is C/C1=C/C[C@@H](/C(C)=C/c2csc(CO)n2)OC(=O)CCC(C)(C)C(=O)[C@H](C)[C@@H](O)[C@@H](C)CCC1. The molecule has 1 aliphatic rings. The van der Waals surface area contributed by atoms with Crippen molar-refractivity contribution in [1.29, 1.82) is 0 Å². The number of allylic oxidation sites excluding steroid dienone is 1. The van der Waals surface area contributed by atoms with Crippen LogP contribution in [0.5, 0.6) is 0 Å². The summed E-state index contributed by atoms with van der Waals surface area (Å²) < 4.78 is 5.87. The minimum Gasteiger partial charge on any atom is -0.457 e. The maximum absolute atomic E-state index is 13.1. The van der Waals surface area contributed by atoms with Crippen LogP contribution in [0.15, 0.2) is 22.6 Å². The van der Waals surface area contributed by atoms with E-state index >= 15 is 0 Å². The summed E-state index contributed by atoms with van der Waals surface area (Å²) in [6.45, 7) is 11.4. The number of aliphatic hydroxyl groups is 2. The summed E-state index contributed by atoms with van der Waals surface area (Å²) in [6.07, 6.45) is 6.63. The van der Waals surface area contributed by atoms with Gasteiger partial charge in [0.05, 0.1) is 18.4 Å². The highest BCUT2D eigenvalue weighted by molar-refractivity contribution is 7.09. The summed E-state index contributed by atoms with van der Waals surface area (Å²) in [5.41, 5.74) is 2.11. The highest BCUT2D eigenvalue weighted by atomic mass is 32.1. The average Bonchev–Trinajstić information content (AvgIpc) is 3.25. The minimum absolute atomic E-state index is 0.0151. The van der Waals surface area contributed by atoms with E-state index in [0.717, 1.165) is 30.5 Å². The molecule has 0 spiro atoms. The Hall–Kier alpha value is -1.83. The summed E-state index contributed by atoms with van der Waals surface area (Å²) in [6, 6.07) is 0. The number of aliphatic hydroxyl groups excluding tert-OH is 2. The Morgan fingerprint density at radius 3 is 2.65 bits per heavy atom. The van der Waals surface area contributed by atoms with Crippen LogP contribution in [0, 0.1) is 17.3 Å². The van der Waals surface area contributed by atoms with Gasteiger partial charge in [0, 0.05) is 29.6 Å². The molecule has 4 atom stereocenters. The number of Topliss-reactive ketones (excluding diaryl/α,β-unsaturated/α-hetero) is 1. The number of aromatic nitrogens is 1. The second-order valence-corrected chi connectivity index (χ2v) is 11.3. The zero-order valence-electron chi connectivity index (χ0n) is 21.5. The lowest BCUT2D eigenvalue weighted by Crippen LogP contribution is -2.39. The summed E-state index contributed by atoms with van der Waals surface area (Å²) in [4.78, 5) is 30.3. The summed E-state index contributed by atoms with van der Waals surface area (Å²) in [5.74, 6) is -0.808. The van der Waals surface area contributed by atoms with Crippen molar-refractivity contribution in [2.24, 2.45) is 17.3 Å². The van der Waals surface area contributed by atoms with Crippen LogP contribution in [-0.2, 0) is 20.9 Å². The second-order valence-electron chi connectivity index (χ2n) is 10.4. The zero-order chi connectivity index (χ0) is 25.5. The van der Waals surface area contributed by atoms with Gasteiger partial charge in [0.15, 0.2) is 0 Å². The average molecular weight is 492 g/mol. The number of carbonyl (C=O) groups excluding carboxylic acids is 2. The maximum Gasteiger partial charge on any atom is 0.306 e. The molecule has 0 aromatic carbocycles. The van der Waals surface area contributed by atoms with E-state index in [-0.39, 0.29) is 30.7 Å². The number of hydrogen-bond donors (Lipinski definition) is 2. The topological polar surface area (TPSA) is 96.7 Å². The lowest BCUT2D eigenvalue weighted by molar-refractivity contribution is -0.148. The molecule has 0 saturated carbocycles. The molecule has 0 unspecified atom stereocenters. The predicted molar refractivity (Wildman–Crippen MR) is 136 cm³/mol. The van der Waals surface area contributed by atoms with Crippen LogP contribution >= 0.6 is 11.3 Å². The maximum atomic E-state index is 13.1. The lowest BCUT2D eigenvalue weighted by atomic mass is 9.74. The Bertz CT molecular complexity index is 901. The molecule has 7 heteroatoms. The number of ether oxygens (including phenoxy) is 1. The van der Waals surface area contributed by atoms with Crippen LogP contribution in [0.4, 0.5) is 0 Å². The van der Waals surface area contributed by atoms with Crippen molar-refractivity contribution < 1.29 is 24.5 Å². The normalized spacial score (nSPS) is 29.9. The molecule has 1 aromatic rings. The second kappa shape index (κ2) is 12.8. The molecule has 2 heterocycles. The molecule has 1 aromatic heterocycles. The first kappa shape index (κ1) is 28.4. The van der Waals surface area contributed by atoms with Gasteiger partial charge in [-0.3, -0.25) is 9.59 Å². The van der Waals surface area contributed by atoms with Crippen LogP contribution < -0.4 is 0 Å². The van der Waals surface area contributed by atoms with E-state index in [1.54, 1.807) is 6.92 Å². The van der Waals surface area contributed by atoms with E-state index < -0.39 is 23.5 Å². The van der Waals surface area contributed by atoms with Crippen LogP contribution in [-0.4, -0.2) is 39.2 Å². The number of hydrogen-bond acceptors (Lipinski definition) is 7. The third-order valence-electron chi connectivity index (χ3n) is 6.90. The van der Waals surface area contributed by atoms with Gasteiger partial charge in [0.2, 0.25) is 0 Å². The Kier molecular flexibility index (Phi) is 10.7. The molecule has 190 valence electrons. The molecule has 34 heavy (non-hydrogen) atoms. The monoisotopic (exact) mass is 491 g/mol. The van der Waals surface area contributed by atoms with Gasteiger partial charge in [-0.1, -0.05) is 39.3 Å². The van der Waals surface area contributed by atoms with Gasteiger partial charge in [0.1, 0.15) is 16.9 Å². The summed E-state index contributed by atoms with van der Waals surface area (Å²) >= 11 is 1.39. The number of ketones is 1. The Labute approximate surface area is 208 Å². The number of carbonyl (C=O) groups is 2. The third kappa shape index (κ3) is 8.14. The van der Waals surface area contributed by atoms with Crippen molar-refractivity contribution in [2.75, 3.05) is 0 Å². The number of thiazole rings is 1. The molecule has 6 nitrogen and oxygen atoms in total. The molecular formula is C27H41NO5S. The van der Waals surface area contributed by atoms with Crippen LogP contribution in [0.25, 0.3) is 6.08 Å². The highest BCUT2D eigenvalue weighted by Crippen LogP contribution is 2.32. The molecule has 0 bridgehead atoms. The van der Waals surface area contributed by atoms with Gasteiger partial charge < -0.3 is 14.9 Å². The van der Waals surface area contributed by atoms with E-state index in [0.29, 0.717) is 17.8 Å². The molecule has 0 radical (unpaired) electrons. The molecule has 2 rings (SSSR count). The van der Waals surface area contributed by atoms with E-state index in [1.807, 2.05) is 39.2 Å². The van der Waals surface area contributed by atoms with Crippen molar-refractivity contribution in [3.05, 3.63) is 33.3 Å².